The van der Waals surface area contributed by atoms with E-state index in [1.807, 2.05) is 65.1 Å². The Morgan fingerprint density at radius 1 is 0.833 bits per heavy atom. The Labute approximate surface area is 76.8 Å². The molecule has 1 aromatic carbocycles. The van der Waals surface area contributed by atoms with Crippen LogP contribution in [-0.2, 0) is 0 Å². The van der Waals surface area contributed by atoms with Crippen LogP contribution in [0.25, 0.3) is 0 Å². The van der Waals surface area contributed by atoms with Crippen LogP contribution >= 0.6 is 0 Å². The molecule has 1 N–H and O–H groups in total. The zero-order valence-electron chi connectivity index (χ0n) is 8.89. The summed E-state index contributed by atoms with van der Waals surface area (Å²) < 4.78 is 0. The van der Waals surface area contributed by atoms with Crippen LogP contribution in [0.4, 0.5) is 5.69 Å². The normalized spacial score (nSPS) is 6.75. The molecule has 1 rings (SSSR count). The molecule has 0 aromatic heterocycles. The summed E-state index contributed by atoms with van der Waals surface area (Å²) in [5, 5.41) is 3.03. The van der Waals surface area contributed by atoms with Crippen molar-refractivity contribution in [3.63, 3.8) is 0 Å². The number of para-hydroxylation sites is 1. The lowest BCUT2D eigenvalue weighted by molar-refractivity contribution is 1.50. The summed E-state index contributed by atoms with van der Waals surface area (Å²) in [7, 11) is 1.91. The Balaban J connectivity index is 0. The lowest BCUT2D eigenvalue weighted by atomic mass is 10.3. The molecule has 1 aromatic rings. The van der Waals surface area contributed by atoms with Crippen LogP contribution in [0.15, 0.2) is 30.3 Å². The van der Waals surface area contributed by atoms with Crippen molar-refractivity contribution >= 4 is 5.69 Å². The van der Waals surface area contributed by atoms with Gasteiger partial charge in [0.25, 0.3) is 0 Å². The molecule has 0 aliphatic carbocycles. The van der Waals surface area contributed by atoms with Crippen molar-refractivity contribution in [1.29, 1.82) is 0 Å². The van der Waals surface area contributed by atoms with Crippen molar-refractivity contribution < 1.29 is 0 Å². The van der Waals surface area contributed by atoms with Gasteiger partial charge in [0.05, 0.1) is 0 Å². The van der Waals surface area contributed by atoms with Gasteiger partial charge in [0.1, 0.15) is 0 Å². The third kappa shape index (κ3) is 7.13. The number of rotatable bonds is 1. The maximum Gasteiger partial charge on any atom is 0.0337 e. The smallest absolute Gasteiger partial charge is 0.0337 e. The topological polar surface area (TPSA) is 12.0 Å². The summed E-state index contributed by atoms with van der Waals surface area (Å²) in [6, 6.07) is 10.1. The molecule has 0 atom stereocenters. The molecule has 0 spiro atoms. The van der Waals surface area contributed by atoms with Gasteiger partial charge in [0.2, 0.25) is 0 Å². The third-order valence-corrected chi connectivity index (χ3v) is 1.06. The van der Waals surface area contributed by atoms with Gasteiger partial charge in [0, 0.05) is 12.7 Å². The van der Waals surface area contributed by atoms with Crippen LogP contribution in [0, 0.1) is 0 Å². The van der Waals surface area contributed by atoms with E-state index in [9.17, 15) is 0 Å². The molecule has 0 bridgehead atoms. The summed E-state index contributed by atoms with van der Waals surface area (Å²) in [5.74, 6) is 0. The van der Waals surface area contributed by atoms with E-state index in [4.69, 9.17) is 0 Å². The average molecular weight is 167 g/mol. The molecule has 0 aliphatic rings. The fraction of sp³-hybridized carbons (Fsp3) is 0.455. The Hall–Kier alpha value is -0.980. The minimum absolute atomic E-state index is 1.16. The predicted molar refractivity (Wildman–Crippen MR) is 58.7 cm³/mol. The maximum absolute atomic E-state index is 3.03. The zero-order chi connectivity index (χ0) is 9.82. The molecule has 0 saturated heterocycles. The SMILES string of the molecule is CC.CC.CNc1ccccc1. The number of hydrogen-bond acceptors (Lipinski definition) is 1. The molecule has 1 heteroatoms. The summed E-state index contributed by atoms with van der Waals surface area (Å²) in [6.45, 7) is 8.00. The second-order valence-corrected chi connectivity index (χ2v) is 1.62. The summed E-state index contributed by atoms with van der Waals surface area (Å²) >= 11 is 0. The van der Waals surface area contributed by atoms with E-state index in [2.05, 4.69) is 5.32 Å². The predicted octanol–water partition coefficient (Wildman–Crippen LogP) is 3.78. The van der Waals surface area contributed by atoms with E-state index in [1.54, 1.807) is 0 Å². The first kappa shape index (κ1) is 13.6. The number of hydrogen-bond donors (Lipinski definition) is 1. The molecule has 70 valence electrons. The van der Waals surface area contributed by atoms with E-state index in [0.29, 0.717) is 0 Å². The molecule has 12 heavy (non-hydrogen) atoms. The van der Waals surface area contributed by atoms with Gasteiger partial charge in [-0.05, 0) is 12.1 Å². The number of anilines is 1. The quantitative estimate of drug-likeness (QED) is 0.671. The highest BCUT2D eigenvalue weighted by Gasteiger charge is 1.77. The fourth-order valence-electron chi connectivity index (χ4n) is 0.605. The molecule has 0 aliphatic heterocycles. The Morgan fingerprint density at radius 3 is 1.50 bits per heavy atom. The van der Waals surface area contributed by atoms with E-state index < -0.39 is 0 Å². The minimum atomic E-state index is 1.16. The second kappa shape index (κ2) is 12.7. The van der Waals surface area contributed by atoms with Gasteiger partial charge >= 0.3 is 0 Å². The van der Waals surface area contributed by atoms with E-state index in [-0.39, 0.29) is 0 Å². The monoisotopic (exact) mass is 167 g/mol. The molecule has 0 heterocycles. The zero-order valence-corrected chi connectivity index (χ0v) is 8.89. The highest BCUT2D eigenvalue weighted by molar-refractivity contribution is 5.41. The van der Waals surface area contributed by atoms with Crippen LogP contribution in [0.2, 0.25) is 0 Å². The standard InChI is InChI=1S/C7H9N.2C2H6/c1-8-7-5-3-2-4-6-7;2*1-2/h2-6,8H,1H3;2*1-2H3. The number of benzene rings is 1. The van der Waals surface area contributed by atoms with Gasteiger partial charge in [-0.3, -0.25) is 0 Å². The van der Waals surface area contributed by atoms with Crippen molar-refractivity contribution in [2.45, 2.75) is 27.7 Å². The van der Waals surface area contributed by atoms with Crippen molar-refractivity contribution in [3.8, 4) is 0 Å². The van der Waals surface area contributed by atoms with Crippen molar-refractivity contribution in [3.05, 3.63) is 30.3 Å². The fourth-order valence-corrected chi connectivity index (χ4v) is 0.605. The largest absolute Gasteiger partial charge is 0.388 e. The van der Waals surface area contributed by atoms with Gasteiger partial charge in [-0.25, -0.2) is 0 Å². The molecule has 0 unspecified atom stereocenters. The molecule has 0 fully saturated rings. The van der Waals surface area contributed by atoms with Gasteiger partial charge in [-0.2, -0.15) is 0 Å². The van der Waals surface area contributed by atoms with Gasteiger partial charge < -0.3 is 5.32 Å². The van der Waals surface area contributed by atoms with E-state index >= 15 is 0 Å². The van der Waals surface area contributed by atoms with Crippen LogP contribution in [0.3, 0.4) is 0 Å². The summed E-state index contributed by atoms with van der Waals surface area (Å²) in [5.41, 5.74) is 1.16. The van der Waals surface area contributed by atoms with E-state index in [0.717, 1.165) is 5.69 Å². The molecular formula is C11H21N. The molecule has 0 radical (unpaired) electrons. The lowest BCUT2D eigenvalue weighted by Gasteiger charge is -1.94. The van der Waals surface area contributed by atoms with Crippen molar-refractivity contribution in [2.75, 3.05) is 12.4 Å². The van der Waals surface area contributed by atoms with Gasteiger partial charge in [-0.15, -0.1) is 0 Å². The second-order valence-electron chi connectivity index (χ2n) is 1.62. The minimum Gasteiger partial charge on any atom is -0.388 e. The summed E-state index contributed by atoms with van der Waals surface area (Å²) in [6.07, 6.45) is 0. The molecule has 1 nitrogen and oxygen atoms in total. The van der Waals surface area contributed by atoms with Crippen LogP contribution in [-0.4, -0.2) is 7.05 Å². The Kier molecular flexibility index (Phi) is 14.4. The van der Waals surface area contributed by atoms with Gasteiger partial charge in [-0.1, -0.05) is 45.9 Å². The van der Waals surface area contributed by atoms with Crippen LogP contribution in [0.1, 0.15) is 27.7 Å². The highest BCUT2D eigenvalue weighted by atomic mass is 14.8. The van der Waals surface area contributed by atoms with E-state index in [1.165, 1.54) is 0 Å². The van der Waals surface area contributed by atoms with Crippen molar-refractivity contribution in [1.82, 2.24) is 0 Å². The molecule has 0 saturated carbocycles. The number of nitrogens with one attached hydrogen (secondary N) is 1. The first-order valence-electron chi connectivity index (χ1n) is 4.66. The summed E-state index contributed by atoms with van der Waals surface area (Å²) in [4.78, 5) is 0. The molecular weight excluding hydrogens is 146 g/mol. The molecule has 0 amide bonds. The van der Waals surface area contributed by atoms with Crippen molar-refractivity contribution in [2.24, 2.45) is 0 Å². The maximum atomic E-state index is 3.03. The lowest BCUT2D eigenvalue weighted by Crippen LogP contribution is -1.84. The first-order valence-corrected chi connectivity index (χ1v) is 4.66. The van der Waals surface area contributed by atoms with Gasteiger partial charge in [0.15, 0.2) is 0 Å². The van der Waals surface area contributed by atoms with Crippen LogP contribution in [0.5, 0.6) is 0 Å². The first-order chi connectivity index (χ1) is 5.93. The average Bonchev–Trinajstić information content (AvgIpc) is 2.25. The Morgan fingerprint density at radius 2 is 1.25 bits per heavy atom. The van der Waals surface area contributed by atoms with Crippen LogP contribution < -0.4 is 5.32 Å². The highest BCUT2D eigenvalue weighted by Crippen LogP contribution is 2.01. The Bertz CT molecular complexity index is 146. The third-order valence-electron chi connectivity index (χ3n) is 1.06.